The molecule has 0 aromatic carbocycles. The van der Waals surface area contributed by atoms with Crippen molar-refractivity contribution >= 4 is 0 Å². The topological polar surface area (TPSA) is 29.9 Å². The maximum atomic E-state index is 4.35. The van der Waals surface area contributed by atoms with E-state index >= 15 is 0 Å². The number of nitrogens with one attached hydrogen (secondary N) is 1. The molecule has 3 rings (SSSR count). The van der Waals surface area contributed by atoms with Crippen molar-refractivity contribution < 1.29 is 0 Å². The van der Waals surface area contributed by atoms with Gasteiger partial charge in [0.05, 0.1) is 12.0 Å². The van der Waals surface area contributed by atoms with E-state index in [0.717, 1.165) is 12.0 Å². The zero-order valence-electron chi connectivity index (χ0n) is 10.0. The molecule has 1 saturated carbocycles. The first-order valence-electron chi connectivity index (χ1n) is 6.65. The molecule has 0 bridgehead atoms. The Kier molecular flexibility index (Phi) is 2.72. The summed E-state index contributed by atoms with van der Waals surface area (Å²) in [6, 6.07) is 1.31. The van der Waals surface area contributed by atoms with E-state index in [0.29, 0.717) is 6.04 Å². The molecule has 3 nitrogen and oxygen atoms in total. The minimum atomic E-state index is 0.561. The first-order chi connectivity index (χ1) is 7.90. The van der Waals surface area contributed by atoms with Gasteiger partial charge in [-0.05, 0) is 38.1 Å². The number of nitrogens with zero attached hydrogens (tertiary/aromatic N) is 2. The first-order valence-corrected chi connectivity index (χ1v) is 6.65. The molecule has 16 heavy (non-hydrogen) atoms. The lowest BCUT2D eigenvalue weighted by atomic mass is 10.1. The van der Waals surface area contributed by atoms with E-state index in [-0.39, 0.29) is 0 Å². The van der Waals surface area contributed by atoms with Crippen LogP contribution in [0.15, 0.2) is 12.5 Å². The Bertz CT molecular complexity index is 352. The summed E-state index contributed by atoms with van der Waals surface area (Å²) in [5.74, 6) is 0.916. The van der Waals surface area contributed by atoms with Gasteiger partial charge in [0, 0.05) is 18.3 Å². The van der Waals surface area contributed by atoms with Gasteiger partial charge in [-0.1, -0.05) is 13.3 Å². The third-order valence-corrected chi connectivity index (χ3v) is 4.02. The Labute approximate surface area is 97.3 Å². The molecule has 3 atom stereocenters. The molecular formula is C13H21N3. The quantitative estimate of drug-likeness (QED) is 0.843. The van der Waals surface area contributed by atoms with Gasteiger partial charge < -0.3 is 9.88 Å². The highest BCUT2D eigenvalue weighted by molar-refractivity contribution is 5.11. The largest absolute Gasteiger partial charge is 0.330 e. The van der Waals surface area contributed by atoms with E-state index in [1.807, 2.05) is 6.33 Å². The normalized spacial score (nSPS) is 33.2. The highest BCUT2D eigenvalue weighted by atomic mass is 15.1. The van der Waals surface area contributed by atoms with Crippen molar-refractivity contribution in [3.63, 3.8) is 0 Å². The maximum absolute atomic E-state index is 4.35. The number of imidazole rings is 1. The predicted molar refractivity (Wildman–Crippen MR) is 64.3 cm³/mol. The van der Waals surface area contributed by atoms with Crippen molar-refractivity contribution in [1.82, 2.24) is 14.9 Å². The van der Waals surface area contributed by atoms with E-state index in [1.54, 1.807) is 0 Å². The van der Waals surface area contributed by atoms with Crippen molar-refractivity contribution in [3.05, 3.63) is 18.2 Å². The fourth-order valence-electron chi connectivity index (χ4n) is 3.05. The van der Waals surface area contributed by atoms with Crippen LogP contribution in [-0.2, 0) is 0 Å². The van der Waals surface area contributed by atoms with Gasteiger partial charge in [0.2, 0.25) is 0 Å². The van der Waals surface area contributed by atoms with Crippen LogP contribution in [-0.4, -0.2) is 16.1 Å². The van der Waals surface area contributed by atoms with Gasteiger partial charge in [-0.25, -0.2) is 4.98 Å². The highest BCUT2D eigenvalue weighted by Crippen LogP contribution is 2.47. The molecule has 3 unspecified atom stereocenters. The molecule has 2 fully saturated rings. The van der Waals surface area contributed by atoms with Gasteiger partial charge in [-0.15, -0.1) is 0 Å². The standard InChI is InChI=1S/C13H21N3/c1-2-4-10-7-12(10)16-9-14-8-13(16)11-5-3-6-15-11/h8-12,15H,2-7H2,1H3. The van der Waals surface area contributed by atoms with Crippen molar-refractivity contribution in [2.75, 3.05) is 6.54 Å². The molecule has 0 amide bonds. The minimum Gasteiger partial charge on any atom is -0.330 e. The predicted octanol–water partition coefficient (Wildman–Crippen LogP) is 2.67. The van der Waals surface area contributed by atoms with Crippen LogP contribution in [0.3, 0.4) is 0 Å². The third kappa shape index (κ3) is 1.77. The van der Waals surface area contributed by atoms with Crippen LogP contribution in [0, 0.1) is 5.92 Å². The van der Waals surface area contributed by atoms with Crippen LogP contribution < -0.4 is 5.32 Å². The molecule has 2 heterocycles. The van der Waals surface area contributed by atoms with Crippen molar-refractivity contribution in [2.45, 2.75) is 51.1 Å². The Hall–Kier alpha value is -0.830. The SMILES string of the molecule is CCCC1CC1n1cncc1C1CCCN1. The van der Waals surface area contributed by atoms with Gasteiger partial charge >= 0.3 is 0 Å². The lowest BCUT2D eigenvalue weighted by Crippen LogP contribution is -2.16. The summed E-state index contributed by atoms with van der Waals surface area (Å²) < 4.78 is 2.43. The molecule has 1 aliphatic heterocycles. The summed E-state index contributed by atoms with van der Waals surface area (Å²) in [5.41, 5.74) is 1.42. The second-order valence-corrected chi connectivity index (χ2v) is 5.23. The fraction of sp³-hybridized carbons (Fsp3) is 0.769. The molecule has 3 heteroatoms. The van der Waals surface area contributed by atoms with E-state index in [4.69, 9.17) is 0 Å². The average Bonchev–Trinajstić information content (AvgIpc) is 2.76. The zero-order valence-corrected chi connectivity index (χ0v) is 10.0. The van der Waals surface area contributed by atoms with Gasteiger partial charge in [-0.2, -0.15) is 0 Å². The Morgan fingerprint density at radius 1 is 1.56 bits per heavy atom. The Morgan fingerprint density at radius 2 is 2.50 bits per heavy atom. The Morgan fingerprint density at radius 3 is 3.25 bits per heavy atom. The lowest BCUT2D eigenvalue weighted by Gasteiger charge is -2.13. The van der Waals surface area contributed by atoms with Crippen LogP contribution in [0.2, 0.25) is 0 Å². The summed E-state index contributed by atoms with van der Waals surface area (Å²) in [6.45, 7) is 3.45. The van der Waals surface area contributed by atoms with E-state index < -0.39 is 0 Å². The molecule has 88 valence electrons. The summed E-state index contributed by atoms with van der Waals surface area (Å²) in [4.78, 5) is 4.35. The lowest BCUT2D eigenvalue weighted by molar-refractivity contribution is 0.540. The van der Waals surface area contributed by atoms with E-state index in [9.17, 15) is 0 Å². The molecule has 0 radical (unpaired) electrons. The van der Waals surface area contributed by atoms with Crippen LogP contribution in [0.1, 0.15) is 56.8 Å². The highest BCUT2D eigenvalue weighted by Gasteiger charge is 2.39. The summed E-state index contributed by atoms with van der Waals surface area (Å²) in [7, 11) is 0. The number of hydrogen-bond donors (Lipinski definition) is 1. The molecule has 0 spiro atoms. The molecule has 1 aromatic heterocycles. The summed E-state index contributed by atoms with van der Waals surface area (Å²) >= 11 is 0. The van der Waals surface area contributed by atoms with E-state index in [2.05, 4.69) is 28.0 Å². The molecule has 1 aliphatic carbocycles. The summed E-state index contributed by atoms with van der Waals surface area (Å²) in [5, 5.41) is 3.57. The molecular weight excluding hydrogens is 198 g/mol. The van der Waals surface area contributed by atoms with Crippen LogP contribution in [0.5, 0.6) is 0 Å². The molecule has 1 saturated heterocycles. The van der Waals surface area contributed by atoms with Gasteiger partial charge in [0.1, 0.15) is 0 Å². The van der Waals surface area contributed by atoms with E-state index in [1.165, 1.54) is 44.3 Å². The molecule has 1 N–H and O–H groups in total. The number of rotatable bonds is 4. The molecule has 1 aromatic rings. The fourth-order valence-corrected chi connectivity index (χ4v) is 3.05. The average molecular weight is 219 g/mol. The maximum Gasteiger partial charge on any atom is 0.0951 e. The minimum absolute atomic E-state index is 0.561. The zero-order chi connectivity index (χ0) is 11.0. The van der Waals surface area contributed by atoms with Gasteiger partial charge in [-0.3, -0.25) is 0 Å². The number of hydrogen-bond acceptors (Lipinski definition) is 2. The van der Waals surface area contributed by atoms with Crippen LogP contribution >= 0.6 is 0 Å². The second-order valence-electron chi connectivity index (χ2n) is 5.23. The number of aromatic nitrogens is 2. The van der Waals surface area contributed by atoms with Crippen molar-refractivity contribution in [2.24, 2.45) is 5.92 Å². The smallest absolute Gasteiger partial charge is 0.0951 e. The molecule has 2 aliphatic rings. The monoisotopic (exact) mass is 219 g/mol. The van der Waals surface area contributed by atoms with Crippen LogP contribution in [0.4, 0.5) is 0 Å². The second kappa shape index (κ2) is 4.21. The Balaban J connectivity index is 1.73. The third-order valence-electron chi connectivity index (χ3n) is 4.02. The first kappa shape index (κ1) is 10.3. The van der Waals surface area contributed by atoms with Gasteiger partial charge in [0.25, 0.3) is 0 Å². The van der Waals surface area contributed by atoms with Crippen LogP contribution in [0.25, 0.3) is 0 Å². The van der Waals surface area contributed by atoms with Crippen molar-refractivity contribution in [3.8, 4) is 0 Å². The van der Waals surface area contributed by atoms with Crippen molar-refractivity contribution in [1.29, 1.82) is 0 Å². The summed E-state index contributed by atoms with van der Waals surface area (Å²) in [6.07, 6.45) is 10.7. The van der Waals surface area contributed by atoms with Gasteiger partial charge in [0.15, 0.2) is 0 Å².